The maximum atomic E-state index is 13.2. The van der Waals surface area contributed by atoms with Gasteiger partial charge in [0.25, 0.3) is 0 Å². The van der Waals surface area contributed by atoms with E-state index in [-0.39, 0.29) is 11.9 Å². The highest BCUT2D eigenvalue weighted by atomic mass is 79.9. The minimum absolute atomic E-state index is 0.103. The number of benzene rings is 1. The fourth-order valence-corrected chi connectivity index (χ4v) is 5.07. The van der Waals surface area contributed by atoms with E-state index >= 15 is 0 Å². The van der Waals surface area contributed by atoms with Crippen molar-refractivity contribution in [2.24, 2.45) is 5.73 Å². The lowest BCUT2D eigenvalue weighted by Crippen LogP contribution is -2.38. The Morgan fingerprint density at radius 2 is 2.29 bits per heavy atom. The van der Waals surface area contributed by atoms with Crippen LogP contribution in [0.15, 0.2) is 22.7 Å². The Balaban J connectivity index is 2.01. The van der Waals surface area contributed by atoms with Crippen LogP contribution in [0.1, 0.15) is 5.56 Å². The topological polar surface area (TPSA) is 26.0 Å². The summed E-state index contributed by atoms with van der Waals surface area (Å²) < 4.78 is 14.1. The predicted octanol–water partition coefficient (Wildman–Crippen LogP) is 3.31. The van der Waals surface area contributed by atoms with Crippen LogP contribution in [0.5, 0.6) is 0 Å². The Morgan fingerprint density at radius 3 is 3.00 bits per heavy atom. The predicted molar refractivity (Wildman–Crippen MR) is 79.4 cm³/mol. The summed E-state index contributed by atoms with van der Waals surface area (Å²) in [6.07, 6.45) is 0.733. The molecule has 0 amide bonds. The van der Waals surface area contributed by atoms with Crippen LogP contribution in [0, 0.1) is 5.82 Å². The first kappa shape index (κ1) is 13.7. The van der Waals surface area contributed by atoms with Crippen LogP contribution in [0.3, 0.4) is 0 Å². The number of hydrogen-bond acceptors (Lipinski definition) is 3. The highest BCUT2D eigenvalue weighted by molar-refractivity contribution is 9.10. The van der Waals surface area contributed by atoms with Crippen molar-refractivity contribution in [3.63, 3.8) is 0 Å². The van der Waals surface area contributed by atoms with Crippen LogP contribution in [0.2, 0.25) is 0 Å². The molecule has 0 saturated carbocycles. The second-order valence-corrected chi connectivity index (χ2v) is 7.44. The van der Waals surface area contributed by atoms with Gasteiger partial charge < -0.3 is 5.73 Å². The quantitative estimate of drug-likeness (QED) is 0.917. The van der Waals surface area contributed by atoms with Crippen LogP contribution < -0.4 is 5.73 Å². The molecule has 94 valence electrons. The molecular formula is C12H15BrFNS2. The van der Waals surface area contributed by atoms with E-state index in [0.29, 0.717) is 5.25 Å². The summed E-state index contributed by atoms with van der Waals surface area (Å²) in [5.74, 6) is 3.31. The van der Waals surface area contributed by atoms with Crippen LogP contribution >= 0.6 is 39.5 Å². The summed E-state index contributed by atoms with van der Waals surface area (Å²) in [5, 5.41) is 0.490. The van der Waals surface area contributed by atoms with E-state index in [0.717, 1.165) is 22.2 Å². The van der Waals surface area contributed by atoms with Gasteiger partial charge in [-0.1, -0.05) is 15.9 Å². The molecule has 1 aromatic carbocycles. The zero-order valence-corrected chi connectivity index (χ0v) is 12.6. The lowest BCUT2D eigenvalue weighted by Gasteiger charge is -2.27. The Morgan fingerprint density at radius 1 is 1.47 bits per heavy atom. The second kappa shape index (κ2) is 6.45. The lowest BCUT2D eigenvalue weighted by molar-refractivity contribution is 0.617. The minimum Gasteiger partial charge on any atom is -0.326 e. The molecular weight excluding hydrogens is 321 g/mol. The third-order valence-corrected chi connectivity index (χ3v) is 6.50. The molecule has 0 aromatic heterocycles. The zero-order valence-electron chi connectivity index (χ0n) is 9.36. The van der Waals surface area contributed by atoms with Crippen molar-refractivity contribution in [2.75, 3.05) is 17.3 Å². The zero-order chi connectivity index (χ0) is 12.3. The van der Waals surface area contributed by atoms with Crippen LogP contribution in [-0.2, 0) is 6.42 Å². The molecule has 1 aliphatic heterocycles. The summed E-state index contributed by atoms with van der Waals surface area (Å²) in [5.41, 5.74) is 7.19. The van der Waals surface area contributed by atoms with Gasteiger partial charge in [0.1, 0.15) is 5.82 Å². The van der Waals surface area contributed by atoms with Gasteiger partial charge in [-0.3, -0.25) is 0 Å². The molecule has 5 heteroatoms. The van der Waals surface area contributed by atoms with E-state index < -0.39 is 0 Å². The van der Waals surface area contributed by atoms with Gasteiger partial charge in [-0.05, 0) is 30.2 Å². The maximum absolute atomic E-state index is 13.2. The molecule has 0 bridgehead atoms. The molecule has 2 atom stereocenters. The smallest absolute Gasteiger partial charge is 0.123 e. The number of halogens is 2. The van der Waals surface area contributed by atoms with Crippen molar-refractivity contribution in [1.82, 2.24) is 0 Å². The minimum atomic E-state index is -0.193. The summed E-state index contributed by atoms with van der Waals surface area (Å²) in [7, 11) is 0. The average molecular weight is 336 g/mol. The Bertz CT molecular complexity index is 383. The standard InChI is InChI=1S/C12H15BrFNS2/c13-10-2-1-9(14)5-8(10)6-11(15)12-7-16-3-4-17-12/h1-2,5,11-12H,3-4,6-7,15H2. The molecule has 1 aromatic rings. The van der Waals surface area contributed by atoms with Gasteiger partial charge in [-0.2, -0.15) is 23.5 Å². The van der Waals surface area contributed by atoms with Gasteiger partial charge >= 0.3 is 0 Å². The van der Waals surface area contributed by atoms with Crippen molar-refractivity contribution in [2.45, 2.75) is 17.7 Å². The van der Waals surface area contributed by atoms with Crippen molar-refractivity contribution in [3.05, 3.63) is 34.1 Å². The number of thioether (sulfide) groups is 2. The molecule has 0 radical (unpaired) electrons. The van der Waals surface area contributed by atoms with Gasteiger partial charge in [0.15, 0.2) is 0 Å². The van der Waals surface area contributed by atoms with E-state index in [4.69, 9.17) is 5.73 Å². The fourth-order valence-electron chi connectivity index (χ4n) is 1.84. The Kier molecular flexibility index (Phi) is 5.21. The van der Waals surface area contributed by atoms with E-state index in [1.807, 2.05) is 23.5 Å². The van der Waals surface area contributed by atoms with Crippen LogP contribution in [0.25, 0.3) is 0 Å². The van der Waals surface area contributed by atoms with Crippen molar-refractivity contribution in [1.29, 1.82) is 0 Å². The molecule has 1 fully saturated rings. The largest absolute Gasteiger partial charge is 0.326 e. The highest BCUT2D eigenvalue weighted by Gasteiger charge is 2.22. The molecule has 2 rings (SSSR count). The Labute approximate surface area is 118 Å². The van der Waals surface area contributed by atoms with E-state index in [2.05, 4.69) is 15.9 Å². The number of hydrogen-bond donors (Lipinski definition) is 1. The van der Waals surface area contributed by atoms with E-state index in [1.165, 1.54) is 17.6 Å². The summed E-state index contributed by atoms with van der Waals surface area (Å²) in [6, 6.07) is 4.89. The molecule has 2 N–H and O–H groups in total. The second-order valence-electron chi connectivity index (χ2n) is 4.09. The fraction of sp³-hybridized carbons (Fsp3) is 0.500. The molecule has 0 aliphatic carbocycles. The molecule has 1 heterocycles. The van der Waals surface area contributed by atoms with Crippen molar-refractivity contribution < 1.29 is 4.39 Å². The van der Waals surface area contributed by atoms with Gasteiger partial charge in [-0.25, -0.2) is 4.39 Å². The third-order valence-electron chi connectivity index (χ3n) is 2.78. The molecule has 1 aliphatic rings. The van der Waals surface area contributed by atoms with Crippen molar-refractivity contribution >= 4 is 39.5 Å². The highest BCUT2D eigenvalue weighted by Crippen LogP contribution is 2.28. The third kappa shape index (κ3) is 3.88. The Hall–Kier alpha value is 0.290. The first-order valence-electron chi connectivity index (χ1n) is 5.55. The van der Waals surface area contributed by atoms with Gasteiger partial charge in [-0.15, -0.1) is 0 Å². The normalized spacial score (nSPS) is 22.4. The van der Waals surface area contributed by atoms with Crippen molar-refractivity contribution in [3.8, 4) is 0 Å². The summed E-state index contributed by atoms with van der Waals surface area (Å²) in [4.78, 5) is 0. The molecule has 2 unspecified atom stereocenters. The van der Waals surface area contributed by atoms with Crippen LogP contribution in [-0.4, -0.2) is 28.6 Å². The number of nitrogens with two attached hydrogens (primary N) is 1. The first-order chi connectivity index (χ1) is 8.16. The van der Waals surface area contributed by atoms with E-state index in [9.17, 15) is 4.39 Å². The average Bonchev–Trinajstić information content (AvgIpc) is 2.35. The molecule has 1 nitrogen and oxygen atoms in total. The SMILES string of the molecule is NC(Cc1cc(F)ccc1Br)C1CSCCS1. The molecule has 1 saturated heterocycles. The number of rotatable bonds is 3. The van der Waals surface area contributed by atoms with Gasteiger partial charge in [0.2, 0.25) is 0 Å². The summed E-state index contributed by atoms with van der Waals surface area (Å²) >= 11 is 7.36. The van der Waals surface area contributed by atoms with E-state index in [1.54, 1.807) is 12.1 Å². The summed E-state index contributed by atoms with van der Waals surface area (Å²) in [6.45, 7) is 0. The van der Waals surface area contributed by atoms with Gasteiger partial charge in [0.05, 0.1) is 0 Å². The van der Waals surface area contributed by atoms with Gasteiger partial charge in [0, 0.05) is 33.0 Å². The molecule has 0 spiro atoms. The van der Waals surface area contributed by atoms with Crippen LogP contribution in [0.4, 0.5) is 4.39 Å². The maximum Gasteiger partial charge on any atom is 0.123 e. The molecule has 17 heavy (non-hydrogen) atoms. The first-order valence-corrected chi connectivity index (χ1v) is 8.55. The monoisotopic (exact) mass is 335 g/mol. The lowest BCUT2D eigenvalue weighted by atomic mass is 10.0.